The maximum atomic E-state index is 12.7. The lowest BCUT2D eigenvalue weighted by Gasteiger charge is -2.06. The van der Waals surface area contributed by atoms with E-state index < -0.39 is 11.8 Å². The molecular weight excluding hydrogens is 199 g/mol. The van der Waals surface area contributed by atoms with E-state index in [0.29, 0.717) is 13.0 Å². The van der Waals surface area contributed by atoms with Crippen molar-refractivity contribution in [3.8, 4) is 0 Å². The molecule has 0 aromatic carbocycles. The molecule has 1 rings (SSSR count). The van der Waals surface area contributed by atoms with Gasteiger partial charge in [0.25, 0.3) is 0 Å². The molecule has 1 heterocycles. The summed E-state index contributed by atoms with van der Waals surface area (Å²) in [5, 5.41) is 11.6. The van der Waals surface area contributed by atoms with E-state index in [1.54, 1.807) is 6.08 Å². The molecule has 0 saturated heterocycles. The van der Waals surface area contributed by atoms with Crippen LogP contribution in [0.3, 0.4) is 0 Å². The number of pyridine rings is 1. The second kappa shape index (κ2) is 5.09. The number of halogens is 1. The molecule has 5 heteroatoms. The highest BCUT2D eigenvalue weighted by Crippen LogP contribution is 2.13. The lowest BCUT2D eigenvalue weighted by atomic mass is 10.2. The zero-order valence-electron chi connectivity index (χ0n) is 8.03. The number of carboxylic acid groups (broad SMARTS) is 1. The van der Waals surface area contributed by atoms with Crippen molar-refractivity contribution in [2.45, 2.75) is 6.42 Å². The van der Waals surface area contributed by atoms with Crippen molar-refractivity contribution in [1.82, 2.24) is 4.98 Å². The Morgan fingerprint density at radius 3 is 3.07 bits per heavy atom. The van der Waals surface area contributed by atoms with Gasteiger partial charge in [-0.3, -0.25) is 0 Å². The zero-order valence-corrected chi connectivity index (χ0v) is 8.03. The maximum Gasteiger partial charge on any atom is 0.339 e. The molecule has 80 valence electrons. The molecule has 0 aliphatic rings. The van der Waals surface area contributed by atoms with E-state index in [-0.39, 0.29) is 11.4 Å². The summed E-state index contributed by atoms with van der Waals surface area (Å²) in [6, 6.07) is 0.936. The number of hydrogen-bond donors (Lipinski definition) is 2. The summed E-state index contributed by atoms with van der Waals surface area (Å²) in [5.41, 5.74) is -0.168. The van der Waals surface area contributed by atoms with E-state index in [4.69, 9.17) is 5.11 Å². The molecule has 0 radical (unpaired) electrons. The highest BCUT2D eigenvalue weighted by atomic mass is 19.1. The Bertz CT molecular complexity index is 380. The Hall–Kier alpha value is -1.91. The monoisotopic (exact) mass is 210 g/mol. The van der Waals surface area contributed by atoms with Gasteiger partial charge in [0.05, 0.1) is 6.20 Å². The summed E-state index contributed by atoms with van der Waals surface area (Å²) in [7, 11) is 0. The fourth-order valence-electron chi connectivity index (χ4n) is 1.04. The predicted molar refractivity (Wildman–Crippen MR) is 54.5 cm³/mol. The highest BCUT2D eigenvalue weighted by Gasteiger charge is 2.11. The number of nitrogens with zero attached hydrogens (tertiary/aromatic N) is 1. The molecule has 0 bridgehead atoms. The van der Waals surface area contributed by atoms with Gasteiger partial charge in [-0.25, -0.2) is 14.2 Å². The third-order valence-electron chi connectivity index (χ3n) is 1.73. The van der Waals surface area contributed by atoms with Crippen molar-refractivity contribution in [2.75, 3.05) is 11.9 Å². The van der Waals surface area contributed by atoms with Gasteiger partial charge in [-0.05, 0) is 12.5 Å². The third-order valence-corrected chi connectivity index (χ3v) is 1.73. The Morgan fingerprint density at radius 1 is 1.73 bits per heavy atom. The fourth-order valence-corrected chi connectivity index (χ4v) is 1.04. The van der Waals surface area contributed by atoms with E-state index in [9.17, 15) is 9.18 Å². The van der Waals surface area contributed by atoms with Crippen LogP contribution < -0.4 is 5.32 Å². The molecular formula is C10H11FN2O2. The Kier molecular flexibility index (Phi) is 3.79. The SMILES string of the molecule is C=CCCNc1ncc(F)cc1C(=O)O. The quantitative estimate of drug-likeness (QED) is 0.575. The van der Waals surface area contributed by atoms with Crippen LogP contribution >= 0.6 is 0 Å². The van der Waals surface area contributed by atoms with Gasteiger partial charge in [0.15, 0.2) is 0 Å². The minimum atomic E-state index is -1.21. The van der Waals surface area contributed by atoms with Gasteiger partial charge in [-0.2, -0.15) is 0 Å². The molecule has 0 unspecified atom stereocenters. The third kappa shape index (κ3) is 3.05. The summed E-state index contributed by atoms with van der Waals surface area (Å²) in [6.45, 7) is 4.04. The van der Waals surface area contributed by atoms with Gasteiger partial charge in [-0.1, -0.05) is 6.08 Å². The summed E-state index contributed by atoms with van der Waals surface area (Å²) < 4.78 is 12.7. The summed E-state index contributed by atoms with van der Waals surface area (Å²) in [6.07, 6.45) is 3.35. The highest BCUT2D eigenvalue weighted by molar-refractivity contribution is 5.93. The maximum absolute atomic E-state index is 12.7. The Balaban J connectivity index is 2.85. The number of carbonyl (C=O) groups is 1. The molecule has 0 atom stereocenters. The van der Waals surface area contributed by atoms with Crippen molar-refractivity contribution >= 4 is 11.8 Å². The number of aromatic carboxylic acids is 1. The molecule has 0 aliphatic heterocycles. The van der Waals surface area contributed by atoms with Crippen LogP contribution in [0.4, 0.5) is 10.2 Å². The van der Waals surface area contributed by atoms with Crippen LogP contribution in [0.2, 0.25) is 0 Å². The van der Waals surface area contributed by atoms with E-state index in [2.05, 4.69) is 16.9 Å². The summed E-state index contributed by atoms with van der Waals surface area (Å²) >= 11 is 0. The number of carboxylic acids is 1. The number of nitrogens with one attached hydrogen (secondary N) is 1. The fraction of sp³-hybridized carbons (Fsp3) is 0.200. The minimum absolute atomic E-state index is 0.168. The average Bonchev–Trinajstić information content (AvgIpc) is 2.20. The smallest absolute Gasteiger partial charge is 0.339 e. The number of anilines is 1. The molecule has 0 aliphatic carbocycles. The standard InChI is InChI=1S/C10H11FN2O2/c1-2-3-4-12-9-8(10(14)15)5-7(11)6-13-9/h2,5-6H,1,3-4H2,(H,12,13)(H,14,15). The van der Waals surface area contributed by atoms with Crippen molar-refractivity contribution in [2.24, 2.45) is 0 Å². The van der Waals surface area contributed by atoms with Gasteiger partial charge >= 0.3 is 5.97 Å². The summed E-state index contributed by atoms with van der Waals surface area (Å²) in [5.74, 6) is -1.70. The molecule has 1 aromatic heterocycles. The lowest BCUT2D eigenvalue weighted by molar-refractivity contribution is 0.0697. The summed E-state index contributed by atoms with van der Waals surface area (Å²) in [4.78, 5) is 14.4. The normalized spacial score (nSPS) is 9.67. The molecule has 0 fully saturated rings. The van der Waals surface area contributed by atoms with E-state index >= 15 is 0 Å². The van der Waals surface area contributed by atoms with Gasteiger partial charge < -0.3 is 10.4 Å². The van der Waals surface area contributed by atoms with E-state index in [1.165, 1.54) is 0 Å². The number of aromatic nitrogens is 1. The van der Waals surface area contributed by atoms with Crippen LogP contribution in [0.5, 0.6) is 0 Å². The van der Waals surface area contributed by atoms with Gasteiger partial charge in [0.1, 0.15) is 17.2 Å². The Morgan fingerprint density at radius 2 is 2.47 bits per heavy atom. The second-order valence-electron chi connectivity index (χ2n) is 2.86. The molecule has 0 amide bonds. The molecule has 15 heavy (non-hydrogen) atoms. The molecule has 0 spiro atoms. The number of rotatable bonds is 5. The molecule has 1 aromatic rings. The molecule has 2 N–H and O–H groups in total. The Labute approximate surface area is 86.5 Å². The second-order valence-corrected chi connectivity index (χ2v) is 2.86. The van der Waals surface area contributed by atoms with Gasteiger partial charge in [0, 0.05) is 6.54 Å². The van der Waals surface area contributed by atoms with Crippen LogP contribution in [-0.4, -0.2) is 22.6 Å². The topological polar surface area (TPSA) is 62.2 Å². The van der Waals surface area contributed by atoms with Crippen molar-refractivity contribution < 1.29 is 14.3 Å². The minimum Gasteiger partial charge on any atom is -0.478 e. The van der Waals surface area contributed by atoms with Gasteiger partial charge in [-0.15, -0.1) is 6.58 Å². The van der Waals surface area contributed by atoms with Crippen LogP contribution in [0, 0.1) is 5.82 Å². The van der Waals surface area contributed by atoms with Crippen molar-refractivity contribution in [3.05, 3.63) is 36.3 Å². The first-order chi connectivity index (χ1) is 7.15. The molecule has 4 nitrogen and oxygen atoms in total. The van der Waals surface area contributed by atoms with E-state index in [1.807, 2.05) is 0 Å². The lowest BCUT2D eigenvalue weighted by Crippen LogP contribution is -2.09. The first-order valence-corrected chi connectivity index (χ1v) is 4.38. The van der Waals surface area contributed by atoms with Gasteiger partial charge in [0.2, 0.25) is 0 Å². The first kappa shape index (κ1) is 11.2. The van der Waals surface area contributed by atoms with Crippen molar-refractivity contribution in [3.63, 3.8) is 0 Å². The van der Waals surface area contributed by atoms with Crippen LogP contribution in [0.15, 0.2) is 24.9 Å². The van der Waals surface area contributed by atoms with Crippen LogP contribution in [-0.2, 0) is 0 Å². The van der Waals surface area contributed by atoms with Crippen LogP contribution in [0.25, 0.3) is 0 Å². The van der Waals surface area contributed by atoms with Crippen LogP contribution in [0.1, 0.15) is 16.8 Å². The average molecular weight is 210 g/mol. The van der Waals surface area contributed by atoms with Crippen molar-refractivity contribution in [1.29, 1.82) is 0 Å². The zero-order chi connectivity index (χ0) is 11.3. The largest absolute Gasteiger partial charge is 0.478 e. The molecule has 0 saturated carbocycles. The number of hydrogen-bond acceptors (Lipinski definition) is 3. The first-order valence-electron chi connectivity index (χ1n) is 4.38. The predicted octanol–water partition coefficient (Wildman–Crippen LogP) is 1.91. The van der Waals surface area contributed by atoms with E-state index in [0.717, 1.165) is 12.3 Å².